The minimum Gasteiger partial charge on any atom is -0.394 e. The first-order chi connectivity index (χ1) is 23.1. The molecule has 0 saturated carbocycles. The minimum atomic E-state index is -0.894. The smallest absolute Gasteiger partial charge is 0.394 e. The summed E-state index contributed by atoms with van der Waals surface area (Å²) < 4.78 is 5.85. The Morgan fingerprint density at radius 2 is 1.88 bits per heavy atom. The van der Waals surface area contributed by atoms with Gasteiger partial charge in [-0.3, -0.25) is 37.9 Å². The van der Waals surface area contributed by atoms with Crippen molar-refractivity contribution in [2.24, 2.45) is 5.73 Å². The Labute approximate surface area is 267 Å². The van der Waals surface area contributed by atoms with E-state index in [9.17, 15) is 28.8 Å². The number of primary amides is 1. The molecule has 1 aliphatic carbocycles. The fraction of sp³-hybridized carbons (Fsp3) is 0.129. The standard InChI is InChI=1S/C31H24N10O7/c32-21-22(25(43)24(21)42)36-16-3-1-2-13(8-16)11-34-30(46)20-10-19(37-28-23(26(33)44)35-12-41(20)28)29(45)38-18-7-5-14-9-15(4-6-17(14)18)27-39-31(47)48-40-27/h1-4,6,8-10,12,18,36H,5,7,11,32H2,(H2,33,44)(H,34,46)(H,38,45)(H,39,40,47)/t18-/m0/s1. The van der Waals surface area contributed by atoms with Crippen molar-refractivity contribution >= 4 is 40.4 Å². The number of amides is 3. The van der Waals surface area contributed by atoms with Crippen molar-refractivity contribution in [2.75, 3.05) is 11.1 Å². The summed E-state index contributed by atoms with van der Waals surface area (Å²) in [6, 6.07) is 13.1. The van der Waals surface area contributed by atoms with Crippen LogP contribution in [-0.2, 0) is 13.0 Å². The van der Waals surface area contributed by atoms with Gasteiger partial charge in [-0.2, -0.15) is 0 Å². The van der Waals surface area contributed by atoms with Crippen LogP contribution in [-0.4, -0.2) is 42.2 Å². The topological polar surface area (TPSA) is 263 Å². The number of aromatic nitrogens is 5. The van der Waals surface area contributed by atoms with Crippen molar-refractivity contribution in [3.8, 4) is 11.4 Å². The molecule has 1 aliphatic rings. The summed E-state index contributed by atoms with van der Waals surface area (Å²) in [5, 5.41) is 12.2. The lowest BCUT2D eigenvalue weighted by atomic mass is 10.0. The number of anilines is 3. The Balaban J connectivity index is 1.12. The highest BCUT2D eigenvalue weighted by Crippen LogP contribution is 2.33. The molecule has 48 heavy (non-hydrogen) atoms. The van der Waals surface area contributed by atoms with Crippen LogP contribution in [0, 0.1) is 0 Å². The molecule has 0 spiro atoms. The third-order valence-electron chi connectivity index (χ3n) is 8.04. The Bertz CT molecular complexity index is 2430. The first-order valence-corrected chi connectivity index (χ1v) is 14.5. The number of carbonyl (C=O) groups is 3. The van der Waals surface area contributed by atoms with Crippen LogP contribution in [0.2, 0.25) is 0 Å². The van der Waals surface area contributed by atoms with Gasteiger partial charge in [0.1, 0.15) is 29.1 Å². The number of benzene rings is 2. The van der Waals surface area contributed by atoms with Gasteiger partial charge in [0.25, 0.3) is 28.6 Å². The number of nitrogens with zero attached hydrogens (tertiary/aromatic N) is 4. The van der Waals surface area contributed by atoms with Crippen LogP contribution in [0.5, 0.6) is 0 Å². The van der Waals surface area contributed by atoms with Gasteiger partial charge in [-0.05, 0) is 53.8 Å². The monoisotopic (exact) mass is 648 g/mol. The predicted molar refractivity (Wildman–Crippen MR) is 169 cm³/mol. The lowest BCUT2D eigenvalue weighted by Gasteiger charge is -2.15. The Morgan fingerprint density at radius 1 is 1.04 bits per heavy atom. The van der Waals surface area contributed by atoms with Gasteiger partial charge in [0.2, 0.25) is 0 Å². The minimum absolute atomic E-state index is 0.00601. The Morgan fingerprint density at radius 3 is 2.62 bits per heavy atom. The van der Waals surface area contributed by atoms with E-state index >= 15 is 0 Å². The van der Waals surface area contributed by atoms with Gasteiger partial charge in [0.05, 0.1) is 6.04 Å². The van der Waals surface area contributed by atoms with Gasteiger partial charge >= 0.3 is 5.76 Å². The Hall–Kier alpha value is -6.91. The largest absolute Gasteiger partial charge is 0.439 e. The fourth-order valence-electron chi connectivity index (χ4n) is 5.65. The van der Waals surface area contributed by atoms with Crippen molar-refractivity contribution in [3.05, 3.63) is 120 Å². The SMILES string of the molecule is NC(=O)c1ncn2c(C(=O)NCc3cccc(Nc4c(N)c(=O)c4=O)c3)cc(C(=O)N[C@H]3CCc4cc(-c5noc(=O)[nH]5)ccc43)nc12. The molecule has 3 amide bonds. The van der Waals surface area contributed by atoms with Gasteiger partial charge < -0.3 is 27.4 Å². The second-order valence-corrected chi connectivity index (χ2v) is 11.1. The van der Waals surface area contributed by atoms with Gasteiger partial charge in [0, 0.05) is 17.8 Å². The maximum atomic E-state index is 13.5. The molecule has 3 heterocycles. The van der Waals surface area contributed by atoms with Crippen LogP contribution in [0.15, 0.2) is 73.8 Å². The molecule has 240 valence electrons. The van der Waals surface area contributed by atoms with E-state index in [1.807, 2.05) is 12.1 Å². The summed E-state index contributed by atoms with van der Waals surface area (Å²) in [5.41, 5.74) is 12.6. The molecule has 3 aromatic heterocycles. The molecular formula is C31H24N10O7. The molecule has 0 saturated heterocycles. The normalized spacial score (nSPS) is 13.8. The van der Waals surface area contributed by atoms with E-state index in [1.54, 1.807) is 30.3 Å². The summed E-state index contributed by atoms with van der Waals surface area (Å²) in [6.07, 6.45) is 2.43. The van der Waals surface area contributed by atoms with Crippen LogP contribution in [0.25, 0.3) is 17.0 Å². The number of nitrogens with two attached hydrogens (primary N) is 2. The highest BCUT2D eigenvalue weighted by atomic mass is 16.5. The van der Waals surface area contributed by atoms with Crippen molar-refractivity contribution in [1.82, 2.24) is 35.1 Å². The highest BCUT2D eigenvalue weighted by Gasteiger charge is 2.27. The number of aryl methyl sites for hydroxylation is 1. The maximum absolute atomic E-state index is 13.5. The number of rotatable bonds is 9. The van der Waals surface area contributed by atoms with Crippen LogP contribution in [0.1, 0.15) is 60.6 Å². The van der Waals surface area contributed by atoms with E-state index in [0.717, 1.165) is 11.1 Å². The van der Waals surface area contributed by atoms with Crippen molar-refractivity contribution in [2.45, 2.75) is 25.4 Å². The molecule has 7 rings (SSSR count). The van der Waals surface area contributed by atoms with Crippen LogP contribution in [0.4, 0.5) is 17.1 Å². The maximum Gasteiger partial charge on any atom is 0.439 e. The van der Waals surface area contributed by atoms with Crippen molar-refractivity contribution < 1.29 is 18.9 Å². The molecular weight excluding hydrogens is 624 g/mol. The third kappa shape index (κ3) is 5.23. The summed E-state index contributed by atoms with van der Waals surface area (Å²) in [7, 11) is 0. The number of nitrogen functional groups attached to an aromatic ring is 1. The summed E-state index contributed by atoms with van der Waals surface area (Å²) in [6.45, 7) is 0.0293. The van der Waals surface area contributed by atoms with Gasteiger partial charge in [-0.1, -0.05) is 29.4 Å². The number of hydrogen-bond acceptors (Lipinski definition) is 12. The van der Waals surface area contributed by atoms with Gasteiger partial charge in [-0.15, -0.1) is 0 Å². The average molecular weight is 649 g/mol. The molecule has 0 fully saturated rings. The van der Waals surface area contributed by atoms with E-state index in [1.165, 1.54) is 16.8 Å². The summed E-state index contributed by atoms with van der Waals surface area (Å²) in [4.78, 5) is 84.6. The second-order valence-electron chi connectivity index (χ2n) is 11.1. The zero-order valence-electron chi connectivity index (χ0n) is 24.7. The molecule has 0 unspecified atom stereocenters. The van der Waals surface area contributed by atoms with Crippen molar-refractivity contribution in [1.29, 1.82) is 0 Å². The van der Waals surface area contributed by atoms with E-state index in [4.69, 9.17) is 11.5 Å². The number of nitrogens with one attached hydrogen (secondary N) is 4. The predicted octanol–water partition coefficient (Wildman–Crippen LogP) is 0.441. The lowest BCUT2D eigenvalue weighted by Crippen LogP contribution is -2.36. The second kappa shape index (κ2) is 11.5. The number of fused-ring (bicyclic) bond motifs is 2. The van der Waals surface area contributed by atoms with E-state index in [0.29, 0.717) is 35.5 Å². The van der Waals surface area contributed by atoms with Crippen LogP contribution in [0.3, 0.4) is 0 Å². The zero-order chi connectivity index (χ0) is 33.7. The first kappa shape index (κ1) is 29.8. The van der Waals surface area contributed by atoms with Crippen molar-refractivity contribution in [3.63, 3.8) is 0 Å². The molecule has 0 bridgehead atoms. The van der Waals surface area contributed by atoms with Gasteiger partial charge in [-0.25, -0.2) is 14.8 Å². The number of carbonyl (C=O) groups excluding carboxylic acids is 3. The quantitative estimate of drug-likeness (QED) is 0.117. The number of aromatic amines is 1. The number of imidazole rings is 1. The molecule has 1 atom stereocenters. The third-order valence-corrected chi connectivity index (χ3v) is 8.04. The molecule has 6 aromatic rings. The number of H-pyrrole nitrogens is 1. The van der Waals surface area contributed by atoms with Gasteiger partial charge in [0.15, 0.2) is 17.2 Å². The summed E-state index contributed by atoms with van der Waals surface area (Å²) >= 11 is 0. The average Bonchev–Trinajstić information content (AvgIpc) is 3.83. The zero-order valence-corrected chi connectivity index (χ0v) is 24.7. The molecule has 0 radical (unpaired) electrons. The van der Waals surface area contributed by atoms with E-state index in [2.05, 4.69) is 40.6 Å². The molecule has 0 aliphatic heterocycles. The highest BCUT2D eigenvalue weighted by molar-refractivity contribution is 6.01. The van der Waals surface area contributed by atoms with E-state index in [-0.39, 0.29) is 46.7 Å². The molecule has 17 nitrogen and oxygen atoms in total. The fourth-order valence-corrected chi connectivity index (χ4v) is 5.65. The van der Waals surface area contributed by atoms with E-state index < -0.39 is 34.3 Å². The molecule has 8 N–H and O–H groups in total. The first-order valence-electron chi connectivity index (χ1n) is 14.5. The molecule has 17 heteroatoms. The summed E-state index contributed by atoms with van der Waals surface area (Å²) in [5.74, 6) is -2.48. The number of hydrogen-bond donors (Lipinski definition) is 6. The van der Waals surface area contributed by atoms with Crippen LogP contribution >= 0.6 is 0 Å². The lowest BCUT2D eigenvalue weighted by molar-refractivity contribution is 0.0929. The Kier molecular flexibility index (Phi) is 7.11. The van der Waals surface area contributed by atoms with Crippen LogP contribution < -0.4 is 44.0 Å². The molecule has 3 aromatic carbocycles.